The quantitative estimate of drug-likeness (QED) is 0.818. The molecule has 1 nitrogen and oxygen atoms in total. The monoisotopic (exact) mass is 243 g/mol. The Hall–Kier alpha value is -0.600. The van der Waals surface area contributed by atoms with Gasteiger partial charge in [-0.05, 0) is 31.2 Å². The van der Waals surface area contributed by atoms with E-state index in [1.807, 2.05) is 7.05 Å². The van der Waals surface area contributed by atoms with E-state index in [2.05, 4.69) is 19.2 Å². The molecule has 0 aromatic heterocycles. The summed E-state index contributed by atoms with van der Waals surface area (Å²) in [6.07, 6.45) is 2.04. The van der Waals surface area contributed by atoms with Gasteiger partial charge in [-0.25, -0.2) is 4.39 Å². The molecule has 0 aliphatic rings. The van der Waals surface area contributed by atoms with E-state index >= 15 is 0 Å². The van der Waals surface area contributed by atoms with Crippen molar-refractivity contribution in [2.75, 3.05) is 7.05 Å². The molecule has 1 N–H and O–H groups in total. The molecule has 90 valence electrons. The molecule has 0 spiro atoms. The average Bonchev–Trinajstić information content (AvgIpc) is 2.29. The predicted octanol–water partition coefficient (Wildman–Crippen LogP) is 4.18. The summed E-state index contributed by atoms with van der Waals surface area (Å²) < 4.78 is 13.7. The van der Waals surface area contributed by atoms with E-state index in [1.165, 1.54) is 6.07 Å². The van der Waals surface area contributed by atoms with Crippen molar-refractivity contribution in [1.29, 1.82) is 0 Å². The van der Waals surface area contributed by atoms with Crippen LogP contribution in [0, 0.1) is 11.7 Å². The third-order valence-corrected chi connectivity index (χ3v) is 3.36. The maximum atomic E-state index is 13.7. The summed E-state index contributed by atoms with van der Waals surface area (Å²) in [6.45, 7) is 4.25. The Morgan fingerprint density at radius 2 is 1.94 bits per heavy atom. The van der Waals surface area contributed by atoms with Crippen molar-refractivity contribution in [1.82, 2.24) is 5.32 Å². The van der Waals surface area contributed by atoms with Crippen LogP contribution in [-0.4, -0.2) is 7.05 Å². The SMILES string of the molecule is CCC(CC)C(NC)c1cc(Cl)ccc1F. The summed E-state index contributed by atoms with van der Waals surface area (Å²) in [5.41, 5.74) is 0.670. The molecule has 0 radical (unpaired) electrons. The van der Waals surface area contributed by atoms with Crippen molar-refractivity contribution in [3.63, 3.8) is 0 Å². The van der Waals surface area contributed by atoms with Gasteiger partial charge in [-0.3, -0.25) is 0 Å². The van der Waals surface area contributed by atoms with Gasteiger partial charge in [0.05, 0.1) is 0 Å². The molecule has 0 amide bonds. The summed E-state index contributed by atoms with van der Waals surface area (Å²) >= 11 is 5.91. The number of nitrogens with one attached hydrogen (secondary N) is 1. The second-order valence-electron chi connectivity index (χ2n) is 4.01. The summed E-state index contributed by atoms with van der Waals surface area (Å²) in [5.74, 6) is 0.244. The van der Waals surface area contributed by atoms with Crippen LogP contribution in [0.4, 0.5) is 4.39 Å². The zero-order valence-corrected chi connectivity index (χ0v) is 10.8. The van der Waals surface area contributed by atoms with Crippen molar-refractivity contribution >= 4 is 11.6 Å². The van der Waals surface area contributed by atoms with Crippen LogP contribution in [0.1, 0.15) is 38.3 Å². The van der Waals surface area contributed by atoms with E-state index in [9.17, 15) is 4.39 Å². The summed E-state index contributed by atoms with van der Waals surface area (Å²) in [5, 5.41) is 3.78. The lowest BCUT2D eigenvalue weighted by Crippen LogP contribution is -2.25. The van der Waals surface area contributed by atoms with Gasteiger partial charge in [0, 0.05) is 16.6 Å². The minimum atomic E-state index is -0.185. The maximum Gasteiger partial charge on any atom is 0.128 e. The Bertz CT molecular complexity index is 337. The number of hydrogen-bond donors (Lipinski definition) is 1. The van der Waals surface area contributed by atoms with Crippen LogP contribution in [0.2, 0.25) is 5.02 Å². The van der Waals surface area contributed by atoms with Gasteiger partial charge in [0.25, 0.3) is 0 Å². The standard InChI is InChI=1S/C13H19ClFN/c1-4-9(5-2)13(16-3)11-8-10(14)6-7-12(11)15/h6-9,13,16H,4-5H2,1-3H3. The first-order valence-electron chi connectivity index (χ1n) is 5.76. The van der Waals surface area contributed by atoms with Gasteiger partial charge >= 0.3 is 0 Å². The Kier molecular flexibility index (Phi) is 5.23. The van der Waals surface area contributed by atoms with Crippen LogP contribution in [0.15, 0.2) is 18.2 Å². The van der Waals surface area contributed by atoms with Gasteiger partial charge in [-0.2, -0.15) is 0 Å². The molecule has 1 aromatic carbocycles. The van der Waals surface area contributed by atoms with Gasteiger partial charge in [0.1, 0.15) is 5.82 Å². The molecule has 0 saturated carbocycles. The van der Waals surface area contributed by atoms with E-state index in [4.69, 9.17) is 11.6 Å². The summed E-state index contributed by atoms with van der Waals surface area (Å²) in [6, 6.07) is 4.77. The topological polar surface area (TPSA) is 12.0 Å². The molecule has 0 heterocycles. The first-order chi connectivity index (χ1) is 7.63. The summed E-state index contributed by atoms with van der Waals surface area (Å²) in [7, 11) is 1.86. The van der Waals surface area contributed by atoms with Gasteiger partial charge < -0.3 is 5.32 Å². The normalized spacial score (nSPS) is 13.1. The van der Waals surface area contributed by atoms with Crippen LogP contribution in [0.3, 0.4) is 0 Å². The average molecular weight is 244 g/mol. The second kappa shape index (κ2) is 6.21. The maximum absolute atomic E-state index is 13.7. The van der Waals surface area contributed by atoms with E-state index in [1.54, 1.807) is 12.1 Å². The highest BCUT2D eigenvalue weighted by Crippen LogP contribution is 2.30. The lowest BCUT2D eigenvalue weighted by Gasteiger charge is -2.25. The molecule has 3 heteroatoms. The van der Waals surface area contributed by atoms with Gasteiger partial charge in [0.2, 0.25) is 0 Å². The number of rotatable bonds is 5. The van der Waals surface area contributed by atoms with Gasteiger partial charge in [-0.1, -0.05) is 38.3 Å². The van der Waals surface area contributed by atoms with Crippen LogP contribution in [0.5, 0.6) is 0 Å². The molecular formula is C13H19ClFN. The van der Waals surface area contributed by atoms with E-state index < -0.39 is 0 Å². The van der Waals surface area contributed by atoms with Crippen LogP contribution in [-0.2, 0) is 0 Å². The smallest absolute Gasteiger partial charge is 0.128 e. The molecule has 1 rings (SSSR count). The number of hydrogen-bond acceptors (Lipinski definition) is 1. The second-order valence-corrected chi connectivity index (χ2v) is 4.45. The van der Waals surface area contributed by atoms with Crippen molar-refractivity contribution < 1.29 is 4.39 Å². The molecular weight excluding hydrogens is 225 g/mol. The van der Waals surface area contributed by atoms with E-state index in [0.717, 1.165) is 12.8 Å². The molecule has 1 atom stereocenters. The molecule has 0 aliphatic heterocycles. The molecule has 1 aromatic rings. The number of benzene rings is 1. The fourth-order valence-corrected chi connectivity index (χ4v) is 2.34. The van der Waals surface area contributed by atoms with E-state index in [0.29, 0.717) is 16.5 Å². The molecule has 0 aliphatic carbocycles. The number of halogens is 2. The zero-order chi connectivity index (χ0) is 12.1. The molecule has 0 fully saturated rings. The molecule has 0 bridgehead atoms. The van der Waals surface area contributed by atoms with Crippen LogP contribution >= 0.6 is 11.6 Å². The lowest BCUT2D eigenvalue weighted by atomic mass is 9.89. The minimum absolute atomic E-state index is 0.0358. The Morgan fingerprint density at radius 3 is 2.44 bits per heavy atom. The van der Waals surface area contributed by atoms with Crippen LogP contribution in [0.25, 0.3) is 0 Å². The van der Waals surface area contributed by atoms with Crippen molar-refractivity contribution in [2.45, 2.75) is 32.7 Å². The van der Waals surface area contributed by atoms with Crippen molar-refractivity contribution in [2.24, 2.45) is 5.92 Å². The Labute approximate surface area is 102 Å². The summed E-state index contributed by atoms with van der Waals surface area (Å²) in [4.78, 5) is 0. The highest BCUT2D eigenvalue weighted by molar-refractivity contribution is 6.30. The highest BCUT2D eigenvalue weighted by Gasteiger charge is 2.21. The molecule has 0 saturated heterocycles. The Balaban J connectivity index is 3.06. The predicted molar refractivity (Wildman–Crippen MR) is 67.3 cm³/mol. The largest absolute Gasteiger partial charge is 0.313 e. The highest BCUT2D eigenvalue weighted by atomic mass is 35.5. The Morgan fingerprint density at radius 1 is 1.31 bits per heavy atom. The lowest BCUT2D eigenvalue weighted by molar-refractivity contribution is 0.350. The zero-order valence-electron chi connectivity index (χ0n) is 10.1. The van der Waals surface area contributed by atoms with E-state index in [-0.39, 0.29) is 11.9 Å². The molecule has 16 heavy (non-hydrogen) atoms. The fraction of sp³-hybridized carbons (Fsp3) is 0.538. The van der Waals surface area contributed by atoms with Crippen molar-refractivity contribution in [3.05, 3.63) is 34.6 Å². The van der Waals surface area contributed by atoms with Gasteiger partial charge in [-0.15, -0.1) is 0 Å². The first kappa shape index (κ1) is 13.5. The minimum Gasteiger partial charge on any atom is -0.313 e. The fourth-order valence-electron chi connectivity index (χ4n) is 2.16. The van der Waals surface area contributed by atoms with Crippen molar-refractivity contribution in [3.8, 4) is 0 Å². The molecule has 1 unspecified atom stereocenters. The first-order valence-corrected chi connectivity index (χ1v) is 6.14. The van der Waals surface area contributed by atoms with Crippen LogP contribution < -0.4 is 5.32 Å². The third kappa shape index (κ3) is 2.96. The van der Waals surface area contributed by atoms with Gasteiger partial charge in [0.15, 0.2) is 0 Å². The third-order valence-electron chi connectivity index (χ3n) is 3.12.